The third-order valence-electron chi connectivity index (χ3n) is 4.11. The summed E-state index contributed by atoms with van der Waals surface area (Å²) in [7, 11) is 0. The van der Waals surface area contributed by atoms with Gasteiger partial charge in [-0.1, -0.05) is 0 Å². The molecule has 0 heterocycles. The van der Waals surface area contributed by atoms with Crippen LogP contribution in [0.25, 0.3) is 0 Å². The Balaban J connectivity index is 0.000000364. The predicted octanol–water partition coefficient (Wildman–Crippen LogP) is 7.42. The monoisotopic (exact) mass is 401 g/mol. The maximum absolute atomic E-state index is 2.47. The molecule has 0 amide bonds. The Bertz CT molecular complexity index is 436. The standard InChI is InChI=1S/2C5H5.8CH3.Mn.2Ti/c2*1-2-4-5-3-1;;;;;;;;;;;/h2*1-3H,4H2;8*1H3;;;. The summed E-state index contributed by atoms with van der Waals surface area (Å²) in [5.74, 6) is 0. The Labute approximate surface area is 145 Å². The predicted molar refractivity (Wildman–Crippen MR) is 90.6 cm³/mol. The van der Waals surface area contributed by atoms with Gasteiger partial charge in [-0.05, 0) is 0 Å². The summed E-state index contributed by atoms with van der Waals surface area (Å²) in [5.41, 5.74) is 0. The summed E-state index contributed by atoms with van der Waals surface area (Å²) in [4.78, 5) is 0. The van der Waals surface area contributed by atoms with E-state index in [9.17, 15) is 0 Å². The van der Waals surface area contributed by atoms with E-state index in [0.717, 1.165) is 0 Å². The van der Waals surface area contributed by atoms with Gasteiger partial charge in [0.25, 0.3) is 0 Å². The molecule has 1 radical (unpaired) electrons. The summed E-state index contributed by atoms with van der Waals surface area (Å²) in [5, 5.41) is 19.7. The van der Waals surface area contributed by atoms with Crippen molar-refractivity contribution >= 4 is 0 Å². The third kappa shape index (κ3) is 7.82. The van der Waals surface area contributed by atoms with E-state index in [4.69, 9.17) is 0 Å². The molecule has 0 saturated carbocycles. The first-order chi connectivity index (χ1) is 8.73. The normalized spacial score (nSPS) is 21.0. The molecule has 2 aliphatic rings. The van der Waals surface area contributed by atoms with Crippen LogP contribution in [-0.2, 0) is 47.7 Å². The van der Waals surface area contributed by atoms with Crippen LogP contribution >= 0.6 is 0 Å². The van der Waals surface area contributed by atoms with Gasteiger partial charge in [0.1, 0.15) is 0 Å². The van der Waals surface area contributed by atoms with E-state index in [2.05, 4.69) is 78.3 Å². The average Bonchev–Trinajstić information content (AvgIpc) is 2.88. The van der Waals surface area contributed by atoms with Crippen LogP contribution in [0.3, 0.4) is 0 Å². The molecule has 0 aromatic carbocycles. The minimum absolute atomic E-state index is 0. The molecule has 0 fully saturated rings. The molecule has 0 spiro atoms. The van der Waals surface area contributed by atoms with Crippen molar-refractivity contribution in [2.24, 2.45) is 0 Å². The first kappa shape index (κ1) is 21.9. The molecule has 0 aromatic heterocycles. The minimum Gasteiger partial charge on any atom is 0 e. The molecular formula is C18H34MnTi2. The number of hydrogen-bond donors (Lipinski definition) is 0. The largest absolute Gasteiger partial charge is 0 e. The smallest absolute Gasteiger partial charge is 0 e. The number of hydrogen-bond acceptors (Lipinski definition) is 0. The molecule has 0 saturated heterocycles. The molecule has 0 N–H and O–H groups in total. The number of allylic oxidation sites excluding steroid dienone is 8. The van der Waals surface area contributed by atoms with Crippen LogP contribution in [0.4, 0.5) is 0 Å². The zero-order valence-corrected chi connectivity index (χ0v) is 19.6. The first-order valence-corrected chi connectivity index (χ1v) is 22.0. The van der Waals surface area contributed by atoms with Gasteiger partial charge in [-0.2, -0.15) is 0 Å². The van der Waals surface area contributed by atoms with Crippen molar-refractivity contribution in [3.05, 3.63) is 44.2 Å². The topological polar surface area (TPSA) is 0 Å². The van der Waals surface area contributed by atoms with Gasteiger partial charge in [0.15, 0.2) is 0 Å². The van der Waals surface area contributed by atoms with E-state index in [0.29, 0.717) is 0 Å². The zero-order chi connectivity index (χ0) is 15.7. The molecule has 121 valence electrons. The molecule has 0 aromatic rings. The molecule has 0 bridgehead atoms. The minimum atomic E-state index is -2.02. The van der Waals surface area contributed by atoms with E-state index in [-0.39, 0.29) is 17.1 Å². The van der Waals surface area contributed by atoms with Crippen molar-refractivity contribution in [3.63, 3.8) is 0 Å². The van der Waals surface area contributed by atoms with E-state index in [1.54, 1.807) is 7.76 Å². The average molecular weight is 401 g/mol. The van der Waals surface area contributed by atoms with E-state index < -0.39 is 30.6 Å². The van der Waals surface area contributed by atoms with Crippen molar-refractivity contribution in [1.29, 1.82) is 0 Å². The molecule has 21 heavy (non-hydrogen) atoms. The van der Waals surface area contributed by atoms with Gasteiger partial charge in [0.2, 0.25) is 0 Å². The van der Waals surface area contributed by atoms with Crippen LogP contribution in [0, 0.1) is 0 Å². The fraction of sp³-hybridized carbons (Fsp3) is 0.556. The fourth-order valence-electron chi connectivity index (χ4n) is 2.38. The third-order valence-corrected chi connectivity index (χ3v) is 13.3. The van der Waals surface area contributed by atoms with Gasteiger partial charge in [-0.15, -0.1) is 0 Å². The van der Waals surface area contributed by atoms with Gasteiger partial charge in [0, 0.05) is 17.1 Å². The Morgan fingerprint density at radius 2 is 0.905 bits per heavy atom. The second-order valence-electron chi connectivity index (χ2n) is 10.6. The zero-order valence-electron chi connectivity index (χ0n) is 15.3. The van der Waals surface area contributed by atoms with Gasteiger partial charge in [-0.3, -0.25) is 0 Å². The van der Waals surface area contributed by atoms with Crippen LogP contribution in [0.15, 0.2) is 44.2 Å². The van der Waals surface area contributed by atoms with Gasteiger partial charge in [0.05, 0.1) is 0 Å². The molecule has 2 aliphatic carbocycles. The van der Waals surface area contributed by atoms with E-state index in [1.165, 1.54) is 12.8 Å². The van der Waals surface area contributed by atoms with Crippen molar-refractivity contribution in [1.82, 2.24) is 0 Å². The van der Waals surface area contributed by atoms with Crippen LogP contribution < -0.4 is 0 Å². The van der Waals surface area contributed by atoms with Crippen LogP contribution in [0.5, 0.6) is 0 Å². The van der Waals surface area contributed by atoms with Crippen molar-refractivity contribution < 1.29 is 47.7 Å². The fourth-order valence-corrected chi connectivity index (χ4v) is 7.68. The second-order valence-corrected chi connectivity index (χ2v) is 37.6. The van der Waals surface area contributed by atoms with Crippen molar-refractivity contribution in [2.75, 3.05) is 0 Å². The Hall–Kier alpha value is 0.908. The molecule has 0 aliphatic heterocycles. The Morgan fingerprint density at radius 3 is 1.00 bits per heavy atom. The molecule has 0 unspecified atom stereocenters. The van der Waals surface area contributed by atoms with Gasteiger partial charge < -0.3 is 0 Å². The van der Waals surface area contributed by atoms with Crippen LogP contribution in [0.1, 0.15) is 12.8 Å². The first-order valence-electron chi connectivity index (χ1n) is 7.93. The van der Waals surface area contributed by atoms with Crippen molar-refractivity contribution in [3.8, 4) is 0 Å². The SMILES string of the molecule is [CH3][Ti]([CH3])([CH3])([CH3])[C]1=CC=CC1.[CH3][Ti]([CH3])([CH3])([CH3])[C]1=CC=CC1.[Mn]. The van der Waals surface area contributed by atoms with Crippen LogP contribution in [0.2, 0.25) is 41.8 Å². The summed E-state index contributed by atoms with van der Waals surface area (Å²) >= 11 is -4.03. The summed E-state index contributed by atoms with van der Waals surface area (Å²) in [6.07, 6.45) is 16.0. The maximum Gasteiger partial charge on any atom is 0 e. The molecule has 3 heteroatoms. The van der Waals surface area contributed by atoms with Gasteiger partial charge in [-0.25, -0.2) is 0 Å². The molecular weight excluding hydrogens is 367 g/mol. The molecule has 0 atom stereocenters. The molecule has 0 nitrogen and oxygen atoms in total. The van der Waals surface area contributed by atoms with E-state index in [1.807, 2.05) is 0 Å². The van der Waals surface area contributed by atoms with E-state index >= 15 is 0 Å². The van der Waals surface area contributed by atoms with Crippen LogP contribution in [-0.4, -0.2) is 0 Å². The van der Waals surface area contributed by atoms with Crippen molar-refractivity contribution in [2.45, 2.75) is 54.7 Å². The quantitative estimate of drug-likeness (QED) is 0.423. The number of rotatable bonds is 2. The summed E-state index contributed by atoms with van der Waals surface area (Å²) < 4.78 is 3.44. The Morgan fingerprint density at radius 1 is 0.619 bits per heavy atom. The summed E-state index contributed by atoms with van der Waals surface area (Å²) in [6, 6.07) is 0. The Kier molecular flexibility index (Phi) is 7.09. The van der Waals surface area contributed by atoms with Gasteiger partial charge >= 0.3 is 129 Å². The maximum atomic E-state index is 2.47. The summed E-state index contributed by atoms with van der Waals surface area (Å²) in [6.45, 7) is 0. The molecule has 2 rings (SSSR count). The second kappa shape index (κ2) is 6.80.